The van der Waals surface area contributed by atoms with Crippen molar-refractivity contribution in [2.45, 2.75) is 32.4 Å². The number of hydrazone groups is 1. The van der Waals surface area contributed by atoms with Crippen LogP contribution in [-0.4, -0.2) is 11.6 Å². The van der Waals surface area contributed by atoms with Gasteiger partial charge in [-0.1, -0.05) is 97.1 Å². The first kappa shape index (κ1) is 23.9. The molecule has 1 spiro atoms. The lowest BCUT2D eigenvalue weighted by molar-refractivity contribution is -0.125. The highest BCUT2D eigenvalue weighted by atomic mass is 16.2. The molecule has 2 aliphatic heterocycles. The fraction of sp³-hybridized carbons (Fsp3) is 0.176. The minimum absolute atomic E-state index is 0.0214. The second-order valence-corrected chi connectivity index (χ2v) is 10.2. The van der Waals surface area contributed by atoms with Crippen LogP contribution in [-0.2, 0) is 11.3 Å². The molecule has 0 aliphatic carbocycles. The van der Waals surface area contributed by atoms with E-state index in [2.05, 4.69) is 91.2 Å². The molecule has 0 N–H and O–H groups in total. The monoisotopic (exact) mass is 497 g/mol. The highest BCUT2D eigenvalue weighted by Gasteiger charge is 2.63. The summed E-state index contributed by atoms with van der Waals surface area (Å²) in [6.45, 7) is 9.09. The Hall–Kier alpha value is -4.44. The highest BCUT2D eigenvalue weighted by Crippen LogP contribution is 2.60. The van der Waals surface area contributed by atoms with Gasteiger partial charge in [0.25, 0.3) is 5.91 Å². The molecule has 0 bridgehead atoms. The number of carbonyl (C=O) groups excluding carboxylic acids is 1. The maximum atomic E-state index is 14.9. The van der Waals surface area contributed by atoms with Crippen molar-refractivity contribution in [1.82, 2.24) is 0 Å². The Labute approximate surface area is 224 Å². The van der Waals surface area contributed by atoms with Crippen molar-refractivity contribution in [2.24, 2.45) is 10.5 Å². The third-order valence-electron chi connectivity index (χ3n) is 8.12. The van der Waals surface area contributed by atoms with Crippen LogP contribution in [0.4, 0.5) is 11.4 Å². The minimum Gasteiger partial charge on any atom is -0.358 e. The lowest BCUT2D eigenvalue weighted by atomic mass is 9.59. The molecule has 0 aromatic heterocycles. The molecule has 4 aromatic rings. The van der Waals surface area contributed by atoms with Crippen LogP contribution in [0.1, 0.15) is 41.1 Å². The first-order valence-corrected chi connectivity index (χ1v) is 13.1. The third-order valence-corrected chi connectivity index (χ3v) is 8.12. The number of rotatable bonds is 5. The molecule has 4 aromatic carbocycles. The average molecular weight is 498 g/mol. The number of benzene rings is 4. The van der Waals surface area contributed by atoms with Gasteiger partial charge < -0.3 is 4.90 Å². The molecule has 3 atom stereocenters. The normalized spacial score (nSPS) is 22.4. The van der Waals surface area contributed by atoms with Crippen LogP contribution in [0.2, 0.25) is 0 Å². The Bertz CT molecular complexity index is 1530. The largest absolute Gasteiger partial charge is 0.358 e. The van der Waals surface area contributed by atoms with Gasteiger partial charge in [0.15, 0.2) is 0 Å². The quantitative estimate of drug-likeness (QED) is 0.269. The van der Waals surface area contributed by atoms with E-state index in [1.54, 1.807) is 5.01 Å². The maximum Gasteiger partial charge on any atom is 0.262 e. The van der Waals surface area contributed by atoms with Gasteiger partial charge in [0.2, 0.25) is 0 Å². The third kappa shape index (κ3) is 3.52. The van der Waals surface area contributed by atoms with Crippen molar-refractivity contribution in [3.8, 4) is 0 Å². The zero-order valence-corrected chi connectivity index (χ0v) is 21.8. The molecule has 1 amide bonds. The number of anilines is 2. The van der Waals surface area contributed by atoms with Gasteiger partial charge in [-0.2, -0.15) is 10.1 Å². The van der Waals surface area contributed by atoms with Gasteiger partial charge in [0.1, 0.15) is 5.41 Å². The molecule has 0 saturated heterocycles. The molecule has 188 valence electrons. The van der Waals surface area contributed by atoms with Gasteiger partial charge in [-0.3, -0.25) is 4.79 Å². The van der Waals surface area contributed by atoms with Crippen LogP contribution >= 0.6 is 0 Å². The summed E-state index contributed by atoms with van der Waals surface area (Å²) in [5.74, 6) is -0.271. The Morgan fingerprint density at radius 2 is 1.42 bits per heavy atom. The molecule has 38 heavy (non-hydrogen) atoms. The molecule has 4 heteroatoms. The van der Waals surface area contributed by atoms with Crippen molar-refractivity contribution in [2.75, 3.05) is 9.91 Å². The van der Waals surface area contributed by atoms with Crippen LogP contribution in [0, 0.1) is 12.3 Å². The van der Waals surface area contributed by atoms with Crippen molar-refractivity contribution in [3.63, 3.8) is 0 Å². The van der Waals surface area contributed by atoms with Gasteiger partial charge in [-0.15, -0.1) is 6.58 Å². The SMILES string of the molecule is C=C[C@@H]1c2ccccc2N(Cc2ccccc2)[C@H](c2ccccc2C)[C@@]12C(=O)N(c1ccccc1)N=C2C. The number of carbonyl (C=O) groups is 1. The Kier molecular flexibility index (Phi) is 5.96. The van der Waals surface area contributed by atoms with Gasteiger partial charge in [0.05, 0.1) is 17.4 Å². The van der Waals surface area contributed by atoms with Crippen LogP contribution in [0.5, 0.6) is 0 Å². The smallest absolute Gasteiger partial charge is 0.262 e. The Balaban J connectivity index is 1.65. The molecule has 0 unspecified atom stereocenters. The van der Waals surface area contributed by atoms with Crippen molar-refractivity contribution < 1.29 is 4.79 Å². The van der Waals surface area contributed by atoms with Crippen LogP contribution in [0.25, 0.3) is 0 Å². The van der Waals surface area contributed by atoms with Gasteiger partial charge in [-0.05, 0) is 54.3 Å². The summed E-state index contributed by atoms with van der Waals surface area (Å²) in [4.78, 5) is 17.3. The van der Waals surface area contributed by atoms with Gasteiger partial charge in [0, 0.05) is 18.2 Å². The number of allylic oxidation sites excluding steroid dienone is 1. The average Bonchev–Trinajstić information content (AvgIpc) is 3.21. The van der Waals surface area contributed by atoms with Crippen LogP contribution < -0.4 is 9.91 Å². The summed E-state index contributed by atoms with van der Waals surface area (Å²) < 4.78 is 0. The topological polar surface area (TPSA) is 35.9 Å². The van der Waals surface area contributed by atoms with Crippen molar-refractivity contribution in [3.05, 3.63) is 144 Å². The highest BCUT2D eigenvalue weighted by molar-refractivity contribution is 6.21. The summed E-state index contributed by atoms with van der Waals surface area (Å²) in [5, 5.41) is 6.56. The molecular formula is C34H31N3O. The second kappa shape index (κ2) is 9.46. The molecule has 0 fully saturated rings. The first-order chi connectivity index (χ1) is 18.6. The van der Waals surface area contributed by atoms with E-state index in [0.717, 1.165) is 33.8 Å². The summed E-state index contributed by atoms with van der Waals surface area (Å²) in [6.07, 6.45) is 1.95. The van der Waals surface area contributed by atoms with Gasteiger partial charge >= 0.3 is 0 Å². The van der Waals surface area contributed by atoms with Gasteiger partial charge in [-0.25, -0.2) is 0 Å². The summed E-state index contributed by atoms with van der Waals surface area (Å²) in [5.41, 5.74) is 6.30. The summed E-state index contributed by atoms with van der Waals surface area (Å²) in [6, 6.07) is 36.8. The van der Waals surface area contributed by atoms with E-state index < -0.39 is 5.41 Å². The number of para-hydroxylation sites is 2. The number of fused-ring (bicyclic) bond motifs is 1. The fourth-order valence-corrected chi connectivity index (χ4v) is 6.41. The second-order valence-electron chi connectivity index (χ2n) is 10.2. The van der Waals surface area contributed by atoms with E-state index >= 15 is 0 Å². The molecular weight excluding hydrogens is 466 g/mol. The van der Waals surface area contributed by atoms with E-state index in [1.807, 2.05) is 49.4 Å². The van der Waals surface area contributed by atoms with E-state index in [1.165, 1.54) is 5.56 Å². The first-order valence-electron chi connectivity index (χ1n) is 13.1. The van der Waals surface area contributed by atoms with Crippen LogP contribution in [0.15, 0.2) is 127 Å². The predicted molar refractivity (Wildman–Crippen MR) is 155 cm³/mol. The fourth-order valence-electron chi connectivity index (χ4n) is 6.41. The lowest BCUT2D eigenvalue weighted by Gasteiger charge is -2.52. The molecule has 0 radical (unpaired) electrons. The predicted octanol–water partition coefficient (Wildman–Crippen LogP) is 7.44. The molecule has 2 aliphatic rings. The molecule has 0 saturated carbocycles. The molecule has 4 nitrogen and oxygen atoms in total. The zero-order valence-electron chi connectivity index (χ0n) is 21.8. The Morgan fingerprint density at radius 1 is 0.816 bits per heavy atom. The number of hydrogen-bond acceptors (Lipinski definition) is 3. The van der Waals surface area contributed by atoms with E-state index in [-0.39, 0.29) is 17.9 Å². The number of aryl methyl sites for hydroxylation is 1. The van der Waals surface area contributed by atoms with E-state index in [4.69, 9.17) is 5.10 Å². The van der Waals surface area contributed by atoms with Crippen molar-refractivity contribution >= 4 is 23.0 Å². The van der Waals surface area contributed by atoms with Crippen molar-refractivity contribution in [1.29, 1.82) is 0 Å². The van der Waals surface area contributed by atoms with E-state index in [9.17, 15) is 4.79 Å². The Morgan fingerprint density at radius 3 is 2.11 bits per heavy atom. The lowest BCUT2D eigenvalue weighted by Crippen LogP contribution is -2.56. The number of amides is 1. The summed E-state index contributed by atoms with van der Waals surface area (Å²) in [7, 11) is 0. The maximum absolute atomic E-state index is 14.9. The standard InChI is InChI=1S/C34H31N3O/c1-4-30-29-21-13-14-22-31(29)36(23-26-16-7-5-8-17-26)32(28-20-12-11-15-24(28)2)34(30)25(3)35-37(33(34)38)27-18-9-6-10-19-27/h4-22,30,32H,1,23H2,2-3H3/t30-,32-,34+/m1/s1. The molecule has 2 heterocycles. The van der Waals surface area contributed by atoms with Crippen LogP contribution in [0.3, 0.4) is 0 Å². The van der Waals surface area contributed by atoms with E-state index in [0.29, 0.717) is 6.54 Å². The number of hydrogen-bond donors (Lipinski definition) is 0. The number of nitrogens with zero attached hydrogens (tertiary/aromatic N) is 3. The minimum atomic E-state index is -0.965. The molecule has 6 rings (SSSR count). The zero-order chi connectivity index (χ0) is 26.3. The summed E-state index contributed by atoms with van der Waals surface area (Å²) >= 11 is 0.